The van der Waals surface area contributed by atoms with Crippen molar-refractivity contribution in [1.29, 1.82) is 0 Å². The van der Waals surface area contributed by atoms with Crippen molar-refractivity contribution in [2.75, 3.05) is 10.6 Å². The number of anilines is 2. The third-order valence-corrected chi connectivity index (χ3v) is 3.61. The third-order valence-electron chi connectivity index (χ3n) is 3.61. The van der Waals surface area contributed by atoms with Gasteiger partial charge in [-0.05, 0) is 31.5 Å². The second-order valence-corrected chi connectivity index (χ2v) is 6.26. The molecule has 0 aliphatic heterocycles. The van der Waals surface area contributed by atoms with E-state index in [0.717, 1.165) is 17.3 Å². The van der Waals surface area contributed by atoms with Crippen LogP contribution in [-0.4, -0.2) is 16.0 Å². The Kier molecular flexibility index (Phi) is 5.41. The maximum absolute atomic E-state index is 13.3. The van der Waals surface area contributed by atoms with Gasteiger partial charge in [0.05, 0.1) is 5.69 Å². The second-order valence-electron chi connectivity index (χ2n) is 6.26. The molecule has 0 amide bonds. The van der Waals surface area contributed by atoms with Gasteiger partial charge in [-0.25, -0.2) is 13.8 Å². The Hall–Kier alpha value is -3.02. The highest BCUT2D eigenvalue weighted by Gasteiger charge is 2.08. The maximum Gasteiger partial charge on any atom is 0.225 e. The van der Waals surface area contributed by atoms with Gasteiger partial charge in [0.2, 0.25) is 5.95 Å². The van der Waals surface area contributed by atoms with Gasteiger partial charge < -0.3 is 10.6 Å². The zero-order valence-corrected chi connectivity index (χ0v) is 14.6. The van der Waals surface area contributed by atoms with Crippen LogP contribution < -0.4 is 10.6 Å². The fourth-order valence-electron chi connectivity index (χ4n) is 2.52. The van der Waals surface area contributed by atoms with E-state index in [9.17, 15) is 8.78 Å². The molecule has 0 bridgehead atoms. The van der Waals surface area contributed by atoms with Crippen molar-refractivity contribution in [2.24, 2.45) is 0 Å². The summed E-state index contributed by atoms with van der Waals surface area (Å²) in [7, 11) is 0. The van der Waals surface area contributed by atoms with E-state index in [0.29, 0.717) is 17.3 Å². The average molecular weight is 354 g/mol. The first-order valence-corrected chi connectivity index (χ1v) is 8.39. The summed E-state index contributed by atoms with van der Waals surface area (Å²) in [4.78, 5) is 8.98. The molecular weight excluding hydrogens is 334 g/mol. The zero-order valence-electron chi connectivity index (χ0n) is 14.6. The van der Waals surface area contributed by atoms with E-state index < -0.39 is 11.6 Å². The summed E-state index contributed by atoms with van der Waals surface area (Å²) in [5.74, 6) is -0.130. The summed E-state index contributed by atoms with van der Waals surface area (Å²) in [5.41, 5.74) is 2.22. The van der Waals surface area contributed by atoms with E-state index in [4.69, 9.17) is 0 Å². The molecule has 26 heavy (non-hydrogen) atoms. The van der Waals surface area contributed by atoms with Crippen molar-refractivity contribution >= 4 is 11.8 Å². The number of hydrogen-bond acceptors (Lipinski definition) is 4. The Labute approximate surface area is 151 Å². The molecule has 0 spiro atoms. The molecule has 1 heterocycles. The summed E-state index contributed by atoms with van der Waals surface area (Å²) in [6.45, 7) is 4.25. The monoisotopic (exact) mass is 354 g/mol. The minimum absolute atomic E-state index is 0.172. The lowest BCUT2D eigenvalue weighted by Gasteiger charge is -2.13. The molecule has 0 aliphatic carbocycles. The first-order chi connectivity index (χ1) is 12.5. The van der Waals surface area contributed by atoms with Crippen LogP contribution in [0.3, 0.4) is 0 Å². The Bertz CT molecular complexity index is 862. The predicted molar refractivity (Wildman–Crippen MR) is 99.9 cm³/mol. The van der Waals surface area contributed by atoms with Gasteiger partial charge in [-0.3, -0.25) is 0 Å². The molecular formula is C20H20F2N4. The van der Waals surface area contributed by atoms with Gasteiger partial charge in [-0.2, -0.15) is 4.98 Å². The lowest BCUT2D eigenvalue weighted by atomic mass is 10.1. The number of aromatic nitrogens is 2. The molecule has 0 saturated heterocycles. The van der Waals surface area contributed by atoms with Crippen LogP contribution in [0.2, 0.25) is 0 Å². The largest absolute Gasteiger partial charge is 0.366 e. The highest BCUT2D eigenvalue weighted by atomic mass is 19.1. The molecule has 0 fully saturated rings. The molecule has 0 radical (unpaired) electrons. The van der Waals surface area contributed by atoms with Crippen LogP contribution in [0, 0.1) is 11.6 Å². The topological polar surface area (TPSA) is 49.8 Å². The lowest BCUT2D eigenvalue weighted by molar-refractivity contribution is 0.580. The van der Waals surface area contributed by atoms with E-state index in [-0.39, 0.29) is 12.6 Å². The Morgan fingerprint density at radius 1 is 0.923 bits per heavy atom. The maximum atomic E-state index is 13.3. The van der Waals surface area contributed by atoms with Crippen LogP contribution >= 0.6 is 0 Å². The molecule has 6 heteroatoms. The molecule has 4 nitrogen and oxygen atoms in total. The molecule has 3 aromatic rings. The van der Waals surface area contributed by atoms with E-state index in [2.05, 4.69) is 20.6 Å². The van der Waals surface area contributed by atoms with Gasteiger partial charge in [-0.1, -0.05) is 30.3 Å². The molecule has 2 aromatic carbocycles. The van der Waals surface area contributed by atoms with Gasteiger partial charge in [0.25, 0.3) is 0 Å². The van der Waals surface area contributed by atoms with Crippen LogP contribution in [0.5, 0.6) is 0 Å². The van der Waals surface area contributed by atoms with E-state index >= 15 is 0 Å². The first-order valence-electron chi connectivity index (χ1n) is 8.39. The Morgan fingerprint density at radius 3 is 2.27 bits per heavy atom. The molecule has 134 valence electrons. The number of halogens is 2. The molecule has 0 atom stereocenters. The minimum atomic E-state index is -0.600. The van der Waals surface area contributed by atoms with E-state index in [1.165, 1.54) is 12.1 Å². The summed E-state index contributed by atoms with van der Waals surface area (Å²) in [6, 6.07) is 15.2. The molecule has 0 unspecified atom stereocenters. The first kappa shape index (κ1) is 17.8. The smallest absolute Gasteiger partial charge is 0.225 e. The standard InChI is InChI=1S/C20H20F2N4/c1-13(2)24-20-25-18(15-6-4-3-5-7-15)11-19(26-20)23-12-14-8-16(21)10-17(22)9-14/h3-11,13H,12H2,1-2H3,(H2,23,24,25,26). The van der Waals surface area contributed by atoms with Crippen molar-refractivity contribution in [1.82, 2.24) is 9.97 Å². The fraction of sp³-hybridized carbons (Fsp3) is 0.200. The van der Waals surface area contributed by atoms with Gasteiger partial charge in [-0.15, -0.1) is 0 Å². The van der Waals surface area contributed by atoms with Gasteiger partial charge >= 0.3 is 0 Å². The number of rotatable bonds is 6. The van der Waals surface area contributed by atoms with Crippen molar-refractivity contribution in [2.45, 2.75) is 26.4 Å². The van der Waals surface area contributed by atoms with Gasteiger partial charge in [0.15, 0.2) is 0 Å². The third kappa shape index (κ3) is 4.75. The summed E-state index contributed by atoms with van der Waals surface area (Å²) < 4.78 is 26.7. The molecule has 0 aliphatic rings. The highest BCUT2D eigenvalue weighted by molar-refractivity contribution is 5.64. The Morgan fingerprint density at radius 2 is 1.62 bits per heavy atom. The highest BCUT2D eigenvalue weighted by Crippen LogP contribution is 2.22. The lowest BCUT2D eigenvalue weighted by Crippen LogP contribution is -2.14. The van der Waals surface area contributed by atoms with Crippen LogP contribution in [0.15, 0.2) is 54.6 Å². The van der Waals surface area contributed by atoms with E-state index in [1.54, 1.807) is 0 Å². The molecule has 0 saturated carbocycles. The van der Waals surface area contributed by atoms with Crippen molar-refractivity contribution in [3.63, 3.8) is 0 Å². The number of benzene rings is 2. The predicted octanol–water partition coefficient (Wildman–Crippen LogP) is 4.85. The second kappa shape index (κ2) is 7.91. The summed E-state index contributed by atoms with van der Waals surface area (Å²) in [6.07, 6.45) is 0. The minimum Gasteiger partial charge on any atom is -0.366 e. The Balaban J connectivity index is 1.87. The van der Waals surface area contributed by atoms with Crippen LogP contribution in [-0.2, 0) is 6.54 Å². The number of nitrogens with zero attached hydrogens (tertiary/aromatic N) is 2. The molecule has 2 N–H and O–H groups in total. The SMILES string of the molecule is CC(C)Nc1nc(NCc2cc(F)cc(F)c2)cc(-c2ccccc2)n1. The van der Waals surface area contributed by atoms with Gasteiger partial charge in [0.1, 0.15) is 17.5 Å². The number of nitrogens with one attached hydrogen (secondary N) is 2. The van der Waals surface area contributed by atoms with Gasteiger partial charge in [0, 0.05) is 30.3 Å². The van der Waals surface area contributed by atoms with E-state index in [1.807, 2.05) is 50.2 Å². The van der Waals surface area contributed by atoms with Crippen molar-refractivity contribution in [3.8, 4) is 11.3 Å². The summed E-state index contributed by atoms with van der Waals surface area (Å²) >= 11 is 0. The van der Waals surface area contributed by atoms with Crippen molar-refractivity contribution in [3.05, 3.63) is 71.8 Å². The molecule has 1 aromatic heterocycles. The zero-order chi connectivity index (χ0) is 18.5. The van der Waals surface area contributed by atoms with Crippen LogP contribution in [0.25, 0.3) is 11.3 Å². The quantitative estimate of drug-likeness (QED) is 0.664. The van der Waals surface area contributed by atoms with Crippen LogP contribution in [0.1, 0.15) is 19.4 Å². The normalized spacial score (nSPS) is 10.8. The average Bonchev–Trinajstić information content (AvgIpc) is 2.59. The number of hydrogen-bond donors (Lipinski definition) is 2. The summed E-state index contributed by atoms with van der Waals surface area (Å²) in [5, 5.41) is 6.30. The van der Waals surface area contributed by atoms with Crippen LogP contribution in [0.4, 0.5) is 20.5 Å². The molecule has 3 rings (SSSR count). The van der Waals surface area contributed by atoms with Crippen molar-refractivity contribution < 1.29 is 8.78 Å². The fourth-order valence-corrected chi connectivity index (χ4v) is 2.52.